The maximum Gasteiger partial charge on any atom is 0.303 e. The summed E-state index contributed by atoms with van der Waals surface area (Å²) in [6.07, 6.45) is -3.71. The van der Waals surface area contributed by atoms with Gasteiger partial charge in [0.25, 0.3) is 5.56 Å². The minimum Gasteiger partial charge on any atom is -0.463 e. The van der Waals surface area contributed by atoms with Crippen LogP contribution in [0.15, 0.2) is 17.1 Å². The molecule has 10 nitrogen and oxygen atoms in total. The molecule has 2 heterocycles. The smallest absolute Gasteiger partial charge is 0.303 e. The van der Waals surface area contributed by atoms with Gasteiger partial charge in [-0.25, -0.2) is 0 Å². The number of hydrogen-bond acceptors (Lipinski definition) is 9. The lowest BCUT2D eigenvalue weighted by atomic mass is 10.1. The fourth-order valence-corrected chi connectivity index (χ4v) is 2.66. The van der Waals surface area contributed by atoms with Gasteiger partial charge in [0.1, 0.15) is 12.7 Å². The molecule has 1 fully saturated rings. The number of nitrogens with two attached hydrogens (primary N) is 1. The quantitative estimate of drug-likeness (QED) is 0.543. The second kappa shape index (κ2) is 8.16. The summed E-state index contributed by atoms with van der Waals surface area (Å²) < 4.78 is 35.5. The third-order valence-corrected chi connectivity index (χ3v) is 3.71. The highest BCUT2D eigenvalue weighted by Gasteiger charge is 2.51. The minimum absolute atomic E-state index is 0.340. The Kier molecular flexibility index (Phi) is 6.16. The van der Waals surface area contributed by atoms with E-state index in [1.807, 2.05) is 0 Å². The molecule has 0 aromatic carbocycles. The largest absolute Gasteiger partial charge is 0.463 e. The number of nitrogen functional groups attached to an aromatic ring is 1. The SMILES string of the molecule is CC(=O)OC[C@H]1O[C@@H](n2ccc(N)c(F)c2=O)[C@H](OC(C)=O)[C@@H]1OC(C)=O. The van der Waals surface area contributed by atoms with Crippen LogP contribution in [0.3, 0.4) is 0 Å². The number of aromatic nitrogens is 1. The highest BCUT2D eigenvalue weighted by molar-refractivity contribution is 5.68. The van der Waals surface area contributed by atoms with E-state index in [2.05, 4.69) is 0 Å². The van der Waals surface area contributed by atoms with Gasteiger partial charge in [-0.3, -0.25) is 23.7 Å². The fraction of sp³-hybridized carbons (Fsp3) is 0.500. The van der Waals surface area contributed by atoms with Crippen LogP contribution in [-0.2, 0) is 33.3 Å². The van der Waals surface area contributed by atoms with Crippen LogP contribution in [0.5, 0.6) is 0 Å². The van der Waals surface area contributed by atoms with Gasteiger partial charge in [-0.1, -0.05) is 0 Å². The summed E-state index contributed by atoms with van der Waals surface area (Å²) in [7, 11) is 0. The molecule has 4 atom stereocenters. The Morgan fingerprint density at radius 3 is 2.30 bits per heavy atom. The van der Waals surface area contributed by atoms with Crippen LogP contribution >= 0.6 is 0 Å². The number of rotatable bonds is 5. The Labute approximate surface area is 152 Å². The lowest BCUT2D eigenvalue weighted by Gasteiger charge is -2.24. The van der Waals surface area contributed by atoms with Gasteiger partial charge in [0, 0.05) is 27.0 Å². The number of pyridine rings is 1. The van der Waals surface area contributed by atoms with Crippen molar-refractivity contribution in [3.63, 3.8) is 0 Å². The van der Waals surface area contributed by atoms with Gasteiger partial charge >= 0.3 is 17.9 Å². The second-order valence-corrected chi connectivity index (χ2v) is 5.81. The molecule has 2 N–H and O–H groups in total. The predicted octanol–water partition coefficient (Wildman–Crippen LogP) is -0.106. The molecule has 0 amide bonds. The van der Waals surface area contributed by atoms with Crippen molar-refractivity contribution in [2.45, 2.75) is 45.3 Å². The lowest BCUT2D eigenvalue weighted by molar-refractivity contribution is -0.166. The highest BCUT2D eigenvalue weighted by Crippen LogP contribution is 2.34. The summed E-state index contributed by atoms with van der Waals surface area (Å²) in [6, 6.07) is 1.13. The number of halogens is 1. The minimum atomic E-state index is -1.33. The van der Waals surface area contributed by atoms with Crippen molar-refractivity contribution >= 4 is 23.6 Å². The van der Waals surface area contributed by atoms with Gasteiger partial charge in [0.2, 0.25) is 5.82 Å². The summed E-state index contributed by atoms with van der Waals surface area (Å²) in [5.74, 6) is -3.30. The van der Waals surface area contributed by atoms with E-state index >= 15 is 0 Å². The zero-order chi connectivity index (χ0) is 20.3. The summed E-state index contributed by atoms with van der Waals surface area (Å²) in [5, 5.41) is 0. The zero-order valence-corrected chi connectivity index (χ0v) is 14.8. The van der Waals surface area contributed by atoms with E-state index < -0.39 is 53.8 Å². The van der Waals surface area contributed by atoms with Crippen LogP contribution < -0.4 is 11.3 Å². The first kappa shape index (κ1) is 20.4. The Morgan fingerprint density at radius 2 is 1.74 bits per heavy atom. The molecule has 1 aromatic rings. The first-order chi connectivity index (χ1) is 12.6. The van der Waals surface area contributed by atoms with Gasteiger partial charge in [-0.2, -0.15) is 4.39 Å². The Bertz CT molecular complexity index is 808. The first-order valence-electron chi connectivity index (χ1n) is 7.91. The van der Waals surface area contributed by atoms with E-state index in [-0.39, 0.29) is 12.3 Å². The Balaban J connectivity index is 2.45. The van der Waals surface area contributed by atoms with Crippen molar-refractivity contribution in [1.29, 1.82) is 0 Å². The molecule has 1 saturated heterocycles. The standard InChI is InChI=1S/C16H19FN2O8/c1-7(20)24-6-11-13(25-8(2)21)14(26-9(3)22)16(27-11)19-5-4-10(18)12(17)15(19)23/h4-5,11,13-14,16H,6,18H2,1-3H3/t11-,13-,14-,16-/m1/s1. The second-order valence-electron chi connectivity index (χ2n) is 5.81. The van der Waals surface area contributed by atoms with Crippen LogP contribution in [0.2, 0.25) is 0 Å². The molecule has 0 unspecified atom stereocenters. The monoisotopic (exact) mass is 386 g/mol. The molecule has 27 heavy (non-hydrogen) atoms. The molecular weight excluding hydrogens is 367 g/mol. The van der Waals surface area contributed by atoms with Crippen LogP contribution in [-0.4, -0.2) is 47.4 Å². The average molecular weight is 386 g/mol. The third kappa shape index (κ3) is 4.61. The normalized spacial score (nSPS) is 24.3. The van der Waals surface area contributed by atoms with Crippen LogP contribution in [0.1, 0.15) is 27.0 Å². The topological polar surface area (TPSA) is 136 Å². The van der Waals surface area contributed by atoms with E-state index in [0.29, 0.717) is 0 Å². The number of esters is 3. The number of anilines is 1. The first-order valence-corrected chi connectivity index (χ1v) is 7.91. The summed E-state index contributed by atoms with van der Waals surface area (Å²) in [4.78, 5) is 46.2. The van der Waals surface area contributed by atoms with Crippen molar-refractivity contribution < 1.29 is 37.7 Å². The molecule has 1 aliphatic rings. The maximum absolute atomic E-state index is 13.9. The van der Waals surface area contributed by atoms with E-state index in [4.69, 9.17) is 24.7 Å². The van der Waals surface area contributed by atoms with E-state index in [1.165, 1.54) is 0 Å². The van der Waals surface area contributed by atoms with Gasteiger partial charge in [0.15, 0.2) is 18.4 Å². The molecule has 2 rings (SSSR count). The van der Waals surface area contributed by atoms with Gasteiger partial charge in [-0.05, 0) is 6.07 Å². The Hall–Kier alpha value is -2.95. The number of ether oxygens (including phenoxy) is 4. The molecule has 148 valence electrons. The molecule has 0 spiro atoms. The van der Waals surface area contributed by atoms with Crippen LogP contribution in [0, 0.1) is 5.82 Å². The highest BCUT2D eigenvalue weighted by atomic mass is 19.1. The molecular formula is C16H19FN2O8. The number of carbonyl (C=O) groups is 3. The molecule has 1 aromatic heterocycles. The molecule has 0 saturated carbocycles. The van der Waals surface area contributed by atoms with Crippen molar-refractivity contribution in [2.24, 2.45) is 0 Å². The van der Waals surface area contributed by atoms with Gasteiger partial charge in [-0.15, -0.1) is 0 Å². The van der Waals surface area contributed by atoms with Crippen molar-refractivity contribution in [1.82, 2.24) is 4.57 Å². The van der Waals surface area contributed by atoms with Crippen LogP contribution in [0.25, 0.3) is 0 Å². The van der Waals surface area contributed by atoms with Gasteiger partial charge in [0.05, 0.1) is 5.69 Å². The summed E-state index contributed by atoms with van der Waals surface area (Å²) >= 11 is 0. The summed E-state index contributed by atoms with van der Waals surface area (Å²) in [5.41, 5.74) is 3.88. The number of hydrogen-bond donors (Lipinski definition) is 1. The molecule has 0 bridgehead atoms. The van der Waals surface area contributed by atoms with E-state index in [9.17, 15) is 23.6 Å². The predicted molar refractivity (Wildman–Crippen MR) is 86.7 cm³/mol. The third-order valence-electron chi connectivity index (χ3n) is 3.71. The fourth-order valence-electron chi connectivity index (χ4n) is 2.66. The van der Waals surface area contributed by atoms with Gasteiger partial charge < -0.3 is 24.7 Å². The molecule has 11 heteroatoms. The molecule has 0 radical (unpaired) electrons. The van der Waals surface area contributed by atoms with E-state index in [1.54, 1.807) is 0 Å². The van der Waals surface area contributed by atoms with Crippen LogP contribution in [0.4, 0.5) is 10.1 Å². The van der Waals surface area contributed by atoms with Crippen molar-refractivity contribution in [3.8, 4) is 0 Å². The number of carbonyl (C=O) groups excluding carboxylic acids is 3. The van der Waals surface area contributed by atoms with Crippen molar-refractivity contribution in [2.75, 3.05) is 12.3 Å². The average Bonchev–Trinajstić information content (AvgIpc) is 2.87. The van der Waals surface area contributed by atoms with Crippen molar-refractivity contribution in [3.05, 3.63) is 28.4 Å². The zero-order valence-electron chi connectivity index (χ0n) is 14.8. The molecule has 0 aliphatic carbocycles. The van der Waals surface area contributed by atoms with E-state index in [0.717, 1.165) is 37.6 Å². The maximum atomic E-state index is 13.9. The number of nitrogens with zero attached hydrogens (tertiary/aromatic N) is 1. The molecule has 1 aliphatic heterocycles. The Morgan fingerprint density at radius 1 is 1.15 bits per heavy atom. The lowest BCUT2D eigenvalue weighted by Crippen LogP contribution is -2.41. The summed E-state index contributed by atoms with van der Waals surface area (Å²) in [6.45, 7) is 3.05.